The molecule has 0 unspecified atom stereocenters. The Bertz CT molecular complexity index is 1230. The highest BCUT2D eigenvalue weighted by molar-refractivity contribution is 6.35. The minimum absolute atomic E-state index is 0.0764. The van der Waals surface area contributed by atoms with Crippen LogP contribution in [0.4, 0.5) is 11.8 Å². The molecule has 38 heavy (non-hydrogen) atoms. The van der Waals surface area contributed by atoms with Gasteiger partial charge in [0.2, 0.25) is 5.95 Å². The molecule has 0 radical (unpaired) electrons. The Kier molecular flexibility index (Phi) is 7.64. The molecule has 9 heteroatoms. The molecule has 1 aromatic carbocycles. The Hall–Kier alpha value is -2.35. The van der Waals surface area contributed by atoms with Crippen molar-refractivity contribution in [2.45, 2.75) is 58.5 Å². The molecule has 7 nitrogen and oxygen atoms in total. The SMILES string of the molecule is C=C(C)c1cnc(N2CC([C@H]3CCCN([C@H]4C[C@](C)(C(=O)O)C4)C3)C2)nc1N[C@H](C)c1ccc(Cl)cc1Cl. The molecule has 3 fully saturated rings. The fourth-order valence-corrected chi connectivity index (χ4v) is 6.80. The Morgan fingerprint density at radius 3 is 2.63 bits per heavy atom. The van der Waals surface area contributed by atoms with Crippen molar-refractivity contribution in [2.24, 2.45) is 17.3 Å². The fraction of sp³-hybridized carbons (Fsp3) is 0.552. The summed E-state index contributed by atoms with van der Waals surface area (Å²) in [5.74, 6) is 2.06. The van der Waals surface area contributed by atoms with Gasteiger partial charge in [0.05, 0.1) is 11.5 Å². The minimum atomic E-state index is -0.658. The van der Waals surface area contributed by atoms with Gasteiger partial charge >= 0.3 is 5.97 Å². The molecule has 1 aromatic heterocycles. The minimum Gasteiger partial charge on any atom is -0.481 e. The van der Waals surface area contributed by atoms with Crippen LogP contribution in [0, 0.1) is 17.3 Å². The lowest BCUT2D eigenvalue weighted by Gasteiger charge is -2.52. The Labute approximate surface area is 235 Å². The third kappa shape index (κ3) is 5.38. The molecule has 5 rings (SSSR count). The molecular weight excluding hydrogens is 521 g/mol. The summed E-state index contributed by atoms with van der Waals surface area (Å²) in [7, 11) is 0. The van der Waals surface area contributed by atoms with Gasteiger partial charge in [0.15, 0.2) is 0 Å². The van der Waals surface area contributed by atoms with Crippen LogP contribution in [-0.2, 0) is 4.79 Å². The first-order valence-electron chi connectivity index (χ1n) is 13.5. The summed E-state index contributed by atoms with van der Waals surface area (Å²) < 4.78 is 0. The van der Waals surface area contributed by atoms with E-state index in [0.717, 1.165) is 67.5 Å². The van der Waals surface area contributed by atoms with Gasteiger partial charge in [0, 0.05) is 47.5 Å². The van der Waals surface area contributed by atoms with Gasteiger partial charge in [-0.2, -0.15) is 4.98 Å². The van der Waals surface area contributed by atoms with E-state index < -0.39 is 11.4 Å². The van der Waals surface area contributed by atoms with Crippen molar-refractivity contribution < 1.29 is 9.90 Å². The van der Waals surface area contributed by atoms with E-state index in [9.17, 15) is 9.90 Å². The first kappa shape index (κ1) is 27.2. The van der Waals surface area contributed by atoms with Gasteiger partial charge in [-0.15, -0.1) is 0 Å². The lowest BCUT2D eigenvalue weighted by Crippen LogP contribution is -2.58. The van der Waals surface area contributed by atoms with E-state index in [-0.39, 0.29) is 6.04 Å². The molecule has 1 saturated carbocycles. The number of carbonyl (C=O) groups is 1. The third-order valence-electron chi connectivity index (χ3n) is 8.77. The van der Waals surface area contributed by atoms with Crippen LogP contribution in [-0.4, -0.2) is 58.2 Å². The molecule has 2 aliphatic heterocycles. The highest BCUT2D eigenvalue weighted by Crippen LogP contribution is 2.45. The van der Waals surface area contributed by atoms with Crippen molar-refractivity contribution in [1.82, 2.24) is 14.9 Å². The number of halogens is 2. The van der Waals surface area contributed by atoms with Crippen LogP contribution in [0.3, 0.4) is 0 Å². The van der Waals surface area contributed by atoms with Gasteiger partial charge in [-0.3, -0.25) is 4.79 Å². The Balaban J connectivity index is 1.22. The second-order valence-electron chi connectivity index (χ2n) is 11.7. The molecule has 2 atom stereocenters. The second-order valence-corrected chi connectivity index (χ2v) is 12.6. The summed E-state index contributed by atoms with van der Waals surface area (Å²) in [6, 6.07) is 5.87. The first-order valence-corrected chi connectivity index (χ1v) is 14.3. The fourth-order valence-electron chi connectivity index (χ4n) is 6.23. The van der Waals surface area contributed by atoms with Crippen molar-refractivity contribution in [3.8, 4) is 0 Å². The van der Waals surface area contributed by atoms with E-state index in [2.05, 4.69) is 33.6 Å². The van der Waals surface area contributed by atoms with Crippen LogP contribution < -0.4 is 10.2 Å². The number of nitrogens with zero attached hydrogens (tertiary/aromatic N) is 4. The number of aromatic nitrogens is 2. The molecule has 0 bridgehead atoms. The smallest absolute Gasteiger partial charge is 0.309 e. The zero-order chi connectivity index (χ0) is 27.2. The normalized spacial score (nSPS) is 26.8. The molecule has 0 spiro atoms. The predicted molar refractivity (Wildman–Crippen MR) is 154 cm³/mol. The van der Waals surface area contributed by atoms with Crippen LogP contribution in [0.1, 0.15) is 63.6 Å². The van der Waals surface area contributed by atoms with Crippen molar-refractivity contribution in [3.05, 3.63) is 52.1 Å². The monoisotopic (exact) mass is 557 g/mol. The van der Waals surface area contributed by atoms with E-state index in [1.54, 1.807) is 6.07 Å². The quantitative estimate of drug-likeness (QED) is 0.389. The van der Waals surface area contributed by atoms with Gasteiger partial charge in [-0.25, -0.2) is 4.98 Å². The van der Waals surface area contributed by atoms with Crippen molar-refractivity contribution in [2.75, 3.05) is 36.4 Å². The van der Waals surface area contributed by atoms with Crippen molar-refractivity contribution in [3.63, 3.8) is 0 Å². The molecule has 204 valence electrons. The van der Waals surface area contributed by atoms with E-state index >= 15 is 0 Å². The molecule has 3 aliphatic rings. The zero-order valence-electron chi connectivity index (χ0n) is 22.4. The van der Waals surface area contributed by atoms with Crippen LogP contribution in [0.15, 0.2) is 31.0 Å². The van der Waals surface area contributed by atoms with Crippen LogP contribution in [0.25, 0.3) is 5.57 Å². The molecule has 0 amide bonds. The number of carboxylic acids is 1. The van der Waals surface area contributed by atoms with Gasteiger partial charge in [0.25, 0.3) is 0 Å². The standard InChI is InChI=1S/C29H37Cl2N5O2/c1-17(2)24-13-32-28(34-26(24)33-18(3)23-8-7-21(30)10-25(23)31)36-15-20(16-36)19-6-5-9-35(14-19)22-11-29(4,12-22)27(37)38/h7-8,10,13,18-20,22H,1,5-6,9,11-12,14-16H2,2-4H3,(H,37,38)(H,32,33,34)/t18-,19+,22-,29-/m1/s1. The highest BCUT2D eigenvalue weighted by Gasteiger charge is 2.49. The maximum atomic E-state index is 11.5. The Morgan fingerprint density at radius 1 is 1.24 bits per heavy atom. The zero-order valence-corrected chi connectivity index (χ0v) is 23.9. The Morgan fingerprint density at radius 2 is 1.97 bits per heavy atom. The number of allylic oxidation sites excluding steroid dienone is 1. The number of carboxylic acid groups (broad SMARTS) is 1. The van der Waals surface area contributed by atoms with Gasteiger partial charge in [-0.1, -0.05) is 35.8 Å². The average molecular weight is 559 g/mol. The number of benzene rings is 1. The summed E-state index contributed by atoms with van der Waals surface area (Å²) in [6.07, 6.45) is 5.81. The number of piperidine rings is 1. The number of nitrogens with one attached hydrogen (secondary N) is 1. The number of aliphatic carboxylic acids is 1. The molecule has 2 aromatic rings. The number of hydrogen-bond donors (Lipinski definition) is 2. The number of likely N-dealkylation sites (tertiary alicyclic amines) is 1. The predicted octanol–water partition coefficient (Wildman–Crippen LogP) is 6.39. The number of anilines is 2. The first-order chi connectivity index (χ1) is 18.0. The highest BCUT2D eigenvalue weighted by atomic mass is 35.5. The van der Waals surface area contributed by atoms with Gasteiger partial charge in [0.1, 0.15) is 5.82 Å². The number of rotatable bonds is 8. The maximum Gasteiger partial charge on any atom is 0.309 e. The average Bonchev–Trinajstić information content (AvgIpc) is 2.81. The lowest BCUT2D eigenvalue weighted by atomic mass is 9.65. The summed E-state index contributed by atoms with van der Waals surface area (Å²) in [4.78, 5) is 25.9. The molecule has 2 saturated heterocycles. The molecule has 1 aliphatic carbocycles. The topological polar surface area (TPSA) is 81.6 Å². The van der Waals surface area contributed by atoms with Crippen molar-refractivity contribution in [1.29, 1.82) is 0 Å². The second kappa shape index (κ2) is 10.7. The third-order valence-corrected chi connectivity index (χ3v) is 9.33. The van der Waals surface area contributed by atoms with E-state index in [1.807, 2.05) is 32.2 Å². The van der Waals surface area contributed by atoms with Crippen LogP contribution in [0.2, 0.25) is 10.0 Å². The van der Waals surface area contributed by atoms with Crippen molar-refractivity contribution >= 4 is 46.5 Å². The maximum absolute atomic E-state index is 11.5. The van der Waals surface area contributed by atoms with Crippen LogP contribution in [0.5, 0.6) is 0 Å². The number of hydrogen-bond acceptors (Lipinski definition) is 6. The van der Waals surface area contributed by atoms with E-state index in [1.165, 1.54) is 12.8 Å². The van der Waals surface area contributed by atoms with Crippen LogP contribution >= 0.6 is 23.2 Å². The summed E-state index contributed by atoms with van der Waals surface area (Å²) >= 11 is 12.5. The largest absolute Gasteiger partial charge is 0.481 e. The van der Waals surface area contributed by atoms with E-state index in [4.69, 9.17) is 28.2 Å². The molecular formula is C29H37Cl2N5O2. The molecule has 3 heterocycles. The van der Waals surface area contributed by atoms with E-state index in [0.29, 0.717) is 27.9 Å². The van der Waals surface area contributed by atoms with Gasteiger partial charge < -0.3 is 20.2 Å². The molecule has 2 N–H and O–H groups in total. The van der Waals surface area contributed by atoms with Gasteiger partial charge in [-0.05, 0) is 88.1 Å². The summed E-state index contributed by atoms with van der Waals surface area (Å²) in [6.45, 7) is 14.0. The summed E-state index contributed by atoms with van der Waals surface area (Å²) in [5, 5.41) is 14.2. The lowest BCUT2D eigenvalue weighted by molar-refractivity contribution is -0.158. The summed E-state index contributed by atoms with van der Waals surface area (Å²) in [5.41, 5.74) is 2.19.